The van der Waals surface area contributed by atoms with Crippen molar-refractivity contribution in [1.82, 2.24) is 0 Å². The maximum Gasteiger partial charge on any atom is 0.340 e. The second kappa shape index (κ2) is 9.96. The number of anilines is 1. The third-order valence-corrected chi connectivity index (χ3v) is 2.21. The molecule has 0 bridgehead atoms. The molecule has 0 aliphatic rings. The Morgan fingerprint density at radius 3 is 2.18 bits per heavy atom. The van der Waals surface area contributed by atoms with Crippen molar-refractivity contribution >= 4 is 27.6 Å². The Labute approximate surface area is 111 Å². The molecule has 0 aliphatic heterocycles. The molecule has 17 heavy (non-hydrogen) atoms. The van der Waals surface area contributed by atoms with E-state index in [9.17, 15) is 9.90 Å². The molecule has 0 saturated heterocycles. The van der Waals surface area contributed by atoms with Crippen molar-refractivity contribution < 1.29 is 14.6 Å². The number of benzene rings is 1. The van der Waals surface area contributed by atoms with E-state index in [1.165, 1.54) is 19.2 Å². The van der Waals surface area contributed by atoms with Crippen molar-refractivity contribution in [3.63, 3.8) is 0 Å². The smallest absolute Gasteiger partial charge is 0.340 e. The predicted molar refractivity (Wildman–Crippen MR) is 74.3 cm³/mol. The number of hydrogen-bond donors (Lipinski definition) is 2. The van der Waals surface area contributed by atoms with Gasteiger partial charge in [-0.15, -0.1) is 0 Å². The van der Waals surface area contributed by atoms with Gasteiger partial charge in [0.05, 0.1) is 22.8 Å². The Bertz CT molecular complexity index is 354. The summed E-state index contributed by atoms with van der Waals surface area (Å²) in [6, 6.07) is 3.00. The largest absolute Gasteiger partial charge is 0.505 e. The van der Waals surface area contributed by atoms with E-state index in [1.807, 2.05) is 27.7 Å². The van der Waals surface area contributed by atoms with Gasteiger partial charge in [0.15, 0.2) is 5.75 Å². The topological polar surface area (TPSA) is 72.5 Å². The zero-order valence-electron chi connectivity index (χ0n) is 10.9. The zero-order chi connectivity index (χ0) is 14.0. The third-order valence-electron chi connectivity index (χ3n) is 1.57. The highest BCUT2D eigenvalue weighted by atomic mass is 79.9. The zero-order valence-corrected chi connectivity index (χ0v) is 12.5. The molecule has 5 heteroatoms. The fourth-order valence-corrected chi connectivity index (χ4v) is 1.22. The molecular formula is C12H20BrNO3. The number of aromatic hydroxyl groups is 1. The van der Waals surface area contributed by atoms with Crippen LogP contribution < -0.4 is 5.73 Å². The van der Waals surface area contributed by atoms with E-state index in [0.717, 1.165) is 0 Å². The van der Waals surface area contributed by atoms with Gasteiger partial charge in [-0.2, -0.15) is 0 Å². The van der Waals surface area contributed by atoms with Crippen LogP contribution in [0, 0.1) is 0 Å². The van der Waals surface area contributed by atoms with Gasteiger partial charge in [0.2, 0.25) is 0 Å². The Kier molecular flexibility index (Phi) is 10.6. The average Bonchev–Trinajstić information content (AvgIpc) is 2.40. The molecule has 0 saturated carbocycles. The predicted octanol–water partition coefficient (Wildman–Crippen LogP) is 3.58. The van der Waals surface area contributed by atoms with Crippen molar-refractivity contribution in [3.05, 3.63) is 22.2 Å². The molecule has 0 aliphatic carbocycles. The number of nitrogens with two attached hydrogens (primary N) is 1. The molecule has 1 rings (SSSR count). The van der Waals surface area contributed by atoms with Gasteiger partial charge >= 0.3 is 5.97 Å². The molecule has 0 amide bonds. The number of carbonyl (C=O) groups is 1. The average molecular weight is 306 g/mol. The number of ether oxygens (including phenoxy) is 1. The van der Waals surface area contributed by atoms with E-state index in [-0.39, 0.29) is 17.0 Å². The first-order valence-electron chi connectivity index (χ1n) is 5.43. The van der Waals surface area contributed by atoms with E-state index in [1.54, 1.807) is 0 Å². The number of halogens is 1. The fourth-order valence-electron chi connectivity index (χ4n) is 0.869. The Balaban J connectivity index is 0. The lowest BCUT2D eigenvalue weighted by atomic mass is 10.1. The van der Waals surface area contributed by atoms with Crippen LogP contribution in [-0.4, -0.2) is 18.2 Å². The molecule has 1 aromatic rings. The number of hydrogen-bond acceptors (Lipinski definition) is 4. The first-order chi connectivity index (χ1) is 8.07. The first-order valence-corrected chi connectivity index (χ1v) is 6.22. The molecule has 0 radical (unpaired) electrons. The standard InChI is InChI=1S/C8H8BrNO3.2C2H6/c1-13-8(12)4-2-3-5(9)7(11)6(4)10;2*1-2/h2-3,11H,10H2,1H3;2*1-2H3. The Morgan fingerprint density at radius 1 is 1.29 bits per heavy atom. The summed E-state index contributed by atoms with van der Waals surface area (Å²) < 4.78 is 4.91. The van der Waals surface area contributed by atoms with Crippen molar-refractivity contribution in [2.24, 2.45) is 0 Å². The lowest BCUT2D eigenvalue weighted by molar-refractivity contribution is 0.0601. The van der Waals surface area contributed by atoms with Gasteiger partial charge in [0, 0.05) is 0 Å². The number of esters is 1. The van der Waals surface area contributed by atoms with Gasteiger partial charge in [-0.1, -0.05) is 27.7 Å². The summed E-state index contributed by atoms with van der Waals surface area (Å²) in [5, 5.41) is 9.35. The minimum absolute atomic E-state index is 0.0150. The van der Waals surface area contributed by atoms with Crippen LogP contribution in [-0.2, 0) is 4.74 Å². The van der Waals surface area contributed by atoms with Crippen LogP contribution in [0.3, 0.4) is 0 Å². The van der Waals surface area contributed by atoms with Crippen LogP contribution in [0.15, 0.2) is 16.6 Å². The summed E-state index contributed by atoms with van der Waals surface area (Å²) >= 11 is 3.07. The van der Waals surface area contributed by atoms with E-state index in [0.29, 0.717) is 4.47 Å². The van der Waals surface area contributed by atoms with Crippen LogP contribution in [0.2, 0.25) is 0 Å². The summed E-state index contributed by atoms with van der Waals surface area (Å²) in [7, 11) is 1.25. The molecular weight excluding hydrogens is 286 g/mol. The van der Waals surface area contributed by atoms with Crippen LogP contribution in [0.1, 0.15) is 38.1 Å². The molecule has 0 aromatic heterocycles. The summed E-state index contributed by atoms with van der Waals surface area (Å²) in [4.78, 5) is 11.1. The van der Waals surface area contributed by atoms with Gasteiger partial charge < -0.3 is 15.6 Å². The number of methoxy groups -OCH3 is 1. The molecule has 98 valence electrons. The Morgan fingerprint density at radius 2 is 1.76 bits per heavy atom. The lowest BCUT2D eigenvalue weighted by Gasteiger charge is -2.06. The molecule has 0 atom stereocenters. The Hall–Kier alpha value is -1.23. The van der Waals surface area contributed by atoms with Gasteiger partial charge in [-0.25, -0.2) is 4.79 Å². The van der Waals surface area contributed by atoms with Crippen molar-refractivity contribution in [1.29, 1.82) is 0 Å². The van der Waals surface area contributed by atoms with Crippen molar-refractivity contribution in [2.45, 2.75) is 27.7 Å². The lowest BCUT2D eigenvalue weighted by Crippen LogP contribution is -2.05. The highest BCUT2D eigenvalue weighted by Gasteiger charge is 2.14. The van der Waals surface area contributed by atoms with E-state index in [4.69, 9.17) is 5.73 Å². The summed E-state index contributed by atoms with van der Waals surface area (Å²) in [5.74, 6) is -0.719. The molecule has 3 N–H and O–H groups in total. The van der Waals surface area contributed by atoms with Crippen molar-refractivity contribution in [3.8, 4) is 5.75 Å². The number of phenolic OH excluding ortho intramolecular Hbond substituents is 1. The quantitative estimate of drug-likeness (QED) is 0.472. The molecule has 4 nitrogen and oxygen atoms in total. The maximum absolute atomic E-state index is 11.1. The summed E-state index contributed by atoms with van der Waals surface area (Å²) in [6.07, 6.45) is 0. The molecule has 0 spiro atoms. The fraction of sp³-hybridized carbons (Fsp3) is 0.417. The van der Waals surface area contributed by atoms with Crippen molar-refractivity contribution in [2.75, 3.05) is 12.8 Å². The summed E-state index contributed by atoms with van der Waals surface area (Å²) in [6.45, 7) is 8.00. The second-order valence-electron chi connectivity index (χ2n) is 2.35. The monoisotopic (exact) mass is 305 g/mol. The van der Waals surface area contributed by atoms with Crippen LogP contribution in [0.25, 0.3) is 0 Å². The molecule has 0 heterocycles. The number of nitrogen functional groups attached to an aromatic ring is 1. The van der Waals surface area contributed by atoms with E-state index >= 15 is 0 Å². The van der Waals surface area contributed by atoms with Crippen LogP contribution in [0.4, 0.5) is 5.69 Å². The maximum atomic E-state index is 11.1. The first kappa shape index (κ1) is 18.1. The van der Waals surface area contributed by atoms with Gasteiger partial charge in [0.1, 0.15) is 0 Å². The van der Waals surface area contributed by atoms with Crippen LogP contribution >= 0.6 is 15.9 Å². The van der Waals surface area contributed by atoms with Gasteiger partial charge in [-0.05, 0) is 28.1 Å². The minimum Gasteiger partial charge on any atom is -0.505 e. The van der Waals surface area contributed by atoms with E-state index in [2.05, 4.69) is 20.7 Å². The third kappa shape index (κ3) is 5.08. The second-order valence-corrected chi connectivity index (χ2v) is 3.20. The molecule has 0 fully saturated rings. The number of carbonyl (C=O) groups excluding carboxylic acids is 1. The number of phenols is 1. The van der Waals surface area contributed by atoms with Gasteiger partial charge in [-0.3, -0.25) is 0 Å². The highest BCUT2D eigenvalue weighted by molar-refractivity contribution is 9.10. The SMILES string of the molecule is CC.CC.COC(=O)c1ccc(Br)c(O)c1N. The highest BCUT2D eigenvalue weighted by Crippen LogP contribution is 2.32. The molecule has 0 unspecified atom stereocenters. The van der Waals surface area contributed by atoms with Crippen LogP contribution in [0.5, 0.6) is 5.75 Å². The minimum atomic E-state index is -0.569. The van der Waals surface area contributed by atoms with E-state index < -0.39 is 5.97 Å². The number of rotatable bonds is 1. The normalized spacial score (nSPS) is 8.12. The molecule has 1 aromatic carbocycles. The van der Waals surface area contributed by atoms with Gasteiger partial charge in [0.25, 0.3) is 0 Å². The summed E-state index contributed by atoms with van der Waals surface area (Å²) in [5.41, 5.74) is 5.65.